The Morgan fingerprint density at radius 2 is 2.05 bits per heavy atom. The first-order chi connectivity index (χ1) is 8.92. The van der Waals surface area contributed by atoms with Gasteiger partial charge in [0.25, 0.3) is 0 Å². The van der Waals surface area contributed by atoms with Gasteiger partial charge in [-0.15, -0.1) is 0 Å². The van der Waals surface area contributed by atoms with Gasteiger partial charge in [-0.25, -0.2) is 13.2 Å². The van der Waals surface area contributed by atoms with E-state index in [2.05, 4.69) is 0 Å². The Bertz CT molecular complexity index is 553. The number of carbonyl (C=O) groups excluding carboxylic acids is 1. The predicted molar refractivity (Wildman–Crippen MR) is 70.7 cm³/mol. The van der Waals surface area contributed by atoms with Crippen LogP contribution in [0.1, 0.15) is 17.3 Å². The molecule has 0 bridgehead atoms. The topological polar surface area (TPSA) is 95.7 Å². The van der Waals surface area contributed by atoms with E-state index in [1.165, 1.54) is 25.3 Å². The number of hydrogen-bond donors (Lipinski definition) is 1. The molecule has 0 aromatic heterocycles. The van der Waals surface area contributed by atoms with E-state index in [0.717, 1.165) is 0 Å². The zero-order valence-electron chi connectivity index (χ0n) is 10.9. The molecule has 0 aliphatic rings. The summed E-state index contributed by atoms with van der Waals surface area (Å²) in [4.78, 5) is 11.7. The number of ether oxygens (including phenoxy) is 2. The molecule has 0 heterocycles. The maximum absolute atomic E-state index is 12.0. The predicted octanol–water partition coefficient (Wildman–Crippen LogP) is 0.866. The summed E-state index contributed by atoms with van der Waals surface area (Å²) in [6.07, 6.45) is 0. The van der Waals surface area contributed by atoms with Crippen molar-refractivity contribution in [3.05, 3.63) is 23.8 Å². The third-order valence-corrected chi connectivity index (χ3v) is 4.11. The first-order valence-corrected chi connectivity index (χ1v) is 7.36. The number of hydrogen-bond acceptors (Lipinski definition) is 6. The molecule has 0 aliphatic heterocycles. The zero-order chi connectivity index (χ0) is 14.5. The normalized spacial score (nSPS) is 11.3. The molecular formula is C12H17NO5S. The van der Waals surface area contributed by atoms with Crippen molar-refractivity contribution in [2.75, 3.05) is 31.8 Å². The van der Waals surface area contributed by atoms with Crippen molar-refractivity contribution in [3.8, 4) is 0 Å². The van der Waals surface area contributed by atoms with E-state index in [9.17, 15) is 13.2 Å². The lowest BCUT2D eigenvalue weighted by molar-refractivity contribution is 0.0527. The quantitative estimate of drug-likeness (QED) is 0.616. The second-order valence-electron chi connectivity index (χ2n) is 3.78. The molecule has 2 N–H and O–H groups in total. The van der Waals surface area contributed by atoms with E-state index in [4.69, 9.17) is 15.2 Å². The number of anilines is 1. The van der Waals surface area contributed by atoms with Gasteiger partial charge in [-0.1, -0.05) is 0 Å². The molecule has 0 aliphatic carbocycles. The minimum Gasteiger partial charge on any atom is -0.462 e. The summed E-state index contributed by atoms with van der Waals surface area (Å²) in [6.45, 7) is 1.94. The molecule has 0 spiro atoms. The molecule has 1 aromatic carbocycles. The van der Waals surface area contributed by atoms with Crippen LogP contribution in [0.5, 0.6) is 0 Å². The number of methoxy groups -OCH3 is 1. The van der Waals surface area contributed by atoms with Crippen LogP contribution < -0.4 is 5.73 Å². The number of esters is 1. The highest BCUT2D eigenvalue weighted by molar-refractivity contribution is 7.91. The first kappa shape index (κ1) is 15.5. The average molecular weight is 287 g/mol. The van der Waals surface area contributed by atoms with Crippen LogP contribution in [-0.2, 0) is 19.3 Å². The van der Waals surface area contributed by atoms with E-state index >= 15 is 0 Å². The van der Waals surface area contributed by atoms with Gasteiger partial charge in [-0.3, -0.25) is 0 Å². The fourth-order valence-electron chi connectivity index (χ4n) is 1.43. The van der Waals surface area contributed by atoms with Crippen molar-refractivity contribution in [2.45, 2.75) is 11.8 Å². The molecule has 1 aromatic rings. The van der Waals surface area contributed by atoms with Gasteiger partial charge in [0.05, 0.1) is 29.4 Å². The van der Waals surface area contributed by atoms with Gasteiger partial charge in [-0.2, -0.15) is 0 Å². The van der Waals surface area contributed by atoms with Crippen LogP contribution in [-0.4, -0.2) is 40.5 Å². The number of rotatable bonds is 6. The van der Waals surface area contributed by atoms with Crippen molar-refractivity contribution < 1.29 is 22.7 Å². The Morgan fingerprint density at radius 3 is 2.63 bits per heavy atom. The molecule has 0 atom stereocenters. The monoisotopic (exact) mass is 287 g/mol. The lowest BCUT2D eigenvalue weighted by Gasteiger charge is -2.08. The Morgan fingerprint density at radius 1 is 1.37 bits per heavy atom. The number of nitrogens with two attached hydrogens (primary N) is 1. The molecule has 19 heavy (non-hydrogen) atoms. The van der Waals surface area contributed by atoms with E-state index in [1.807, 2.05) is 0 Å². The van der Waals surface area contributed by atoms with Crippen molar-refractivity contribution in [2.24, 2.45) is 0 Å². The van der Waals surface area contributed by atoms with Crippen molar-refractivity contribution in [3.63, 3.8) is 0 Å². The van der Waals surface area contributed by atoms with Crippen LogP contribution in [0, 0.1) is 0 Å². The largest absolute Gasteiger partial charge is 0.462 e. The second-order valence-corrected chi connectivity index (χ2v) is 5.89. The maximum atomic E-state index is 12.0. The molecule has 1 rings (SSSR count). The fraction of sp³-hybridized carbons (Fsp3) is 0.417. The van der Waals surface area contributed by atoms with Gasteiger partial charge in [0.1, 0.15) is 0 Å². The van der Waals surface area contributed by atoms with Gasteiger partial charge in [0, 0.05) is 12.8 Å². The Hall–Kier alpha value is -1.60. The van der Waals surface area contributed by atoms with E-state index in [0.29, 0.717) is 0 Å². The standard InChI is InChI=1S/C12H17NO5S/c1-3-18-12(14)10-8-9(4-5-11(10)13)19(15,16)7-6-17-2/h4-5,8H,3,6-7,13H2,1-2H3. The van der Waals surface area contributed by atoms with E-state index in [-0.39, 0.29) is 35.1 Å². The Kier molecular flexibility index (Phi) is 5.31. The van der Waals surface area contributed by atoms with Crippen LogP contribution in [0.15, 0.2) is 23.1 Å². The summed E-state index contributed by atoms with van der Waals surface area (Å²) in [5, 5.41) is 0. The molecule has 7 heteroatoms. The summed E-state index contributed by atoms with van der Waals surface area (Å²) >= 11 is 0. The molecule has 0 fully saturated rings. The zero-order valence-corrected chi connectivity index (χ0v) is 11.7. The SMILES string of the molecule is CCOC(=O)c1cc(S(=O)(=O)CCOC)ccc1N. The van der Waals surface area contributed by atoms with Gasteiger partial charge in [0.15, 0.2) is 9.84 Å². The van der Waals surface area contributed by atoms with E-state index < -0.39 is 15.8 Å². The molecule has 0 radical (unpaired) electrons. The second kappa shape index (κ2) is 6.53. The first-order valence-electron chi connectivity index (χ1n) is 5.70. The van der Waals surface area contributed by atoms with Gasteiger partial charge < -0.3 is 15.2 Å². The molecular weight excluding hydrogens is 270 g/mol. The van der Waals surface area contributed by atoms with Gasteiger partial charge >= 0.3 is 5.97 Å². The average Bonchev–Trinajstić information content (AvgIpc) is 2.37. The van der Waals surface area contributed by atoms with Gasteiger partial charge in [-0.05, 0) is 25.1 Å². The van der Waals surface area contributed by atoms with Crippen LogP contribution in [0.3, 0.4) is 0 Å². The lowest BCUT2D eigenvalue weighted by Crippen LogP contribution is -2.14. The highest BCUT2D eigenvalue weighted by atomic mass is 32.2. The molecule has 0 saturated heterocycles. The van der Waals surface area contributed by atoms with Crippen molar-refractivity contribution >= 4 is 21.5 Å². The number of carbonyl (C=O) groups is 1. The fourth-order valence-corrected chi connectivity index (χ4v) is 2.62. The number of sulfone groups is 1. The summed E-state index contributed by atoms with van der Waals surface area (Å²) in [7, 11) is -2.08. The van der Waals surface area contributed by atoms with Gasteiger partial charge in [0.2, 0.25) is 0 Å². The summed E-state index contributed by atoms with van der Waals surface area (Å²) < 4.78 is 33.5. The van der Waals surface area contributed by atoms with Crippen molar-refractivity contribution in [1.82, 2.24) is 0 Å². The summed E-state index contributed by atoms with van der Waals surface area (Å²) in [5.41, 5.74) is 5.88. The molecule has 6 nitrogen and oxygen atoms in total. The Labute approximate surface area is 112 Å². The van der Waals surface area contributed by atoms with E-state index in [1.54, 1.807) is 6.92 Å². The van der Waals surface area contributed by atoms with Crippen LogP contribution in [0.2, 0.25) is 0 Å². The highest BCUT2D eigenvalue weighted by Gasteiger charge is 2.18. The molecule has 0 amide bonds. The minimum absolute atomic E-state index is 0.0294. The Balaban J connectivity index is 3.12. The van der Waals surface area contributed by atoms with Crippen LogP contribution in [0.4, 0.5) is 5.69 Å². The minimum atomic E-state index is -3.50. The third kappa shape index (κ3) is 3.93. The molecule has 106 valence electrons. The summed E-state index contributed by atoms with van der Waals surface area (Å²) in [5.74, 6) is -0.792. The van der Waals surface area contributed by atoms with Crippen LogP contribution >= 0.6 is 0 Å². The maximum Gasteiger partial charge on any atom is 0.340 e. The molecule has 0 unspecified atom stereocenters. The number of benzene rings is 1. The summed E-state index contributed by atoms with van der Waals surface area (Å²) in [6, 6.07) is 3.98. The highest BCUT2D eigenvalue weighted by Crippen LogP contribution is 2.20. The van der Waals surface area contributed by atoms with Crippen molar-refractivity contribution in [1.29, 1.82) is 0 Å². The number of nitrogen functional groups attached to an aromatic ring is 1. The lowest BCUT2D eigenvalue weighted by atomic mass is 10.2. The smallest absolute Gasteiger partial charge is 0.340 e. The third-order valence-electron chi connectivity index (χ3n) is 2.44. The van der Waals surface area contributed by atoms with Crippen LogP contribution in [0.25, 0.3) is 0 Å². The molecule has 0 saturated carbocycles.